The Balaban J connectivity index is 1.48. The first kappa shape index (κ1) is 15.8. The third kappa shape index (κ3) is 2.67. The summed E-state index contributed by atoms with van der Waals surface area (Å²) in [5, 5.41) is 0. The van der Waals surface area contributed by atoms with Gasteiger partial charge in [-0.2, -0.15) is 0 Å². The van der Waals surface area contributed by atoms with Crippen molar-refractivity contribution in [2.24, 2.45) is 0 Å². The molecule has 1 aliphatic carbocycles. The van der Waals surface area contributed by atoms with Crippen molar-refractivity contribution in [3.05, 3.63) is 70.3 Å². The monoisotopic (exact) mass is 345 g/mol. The second-order valence-electron chi connectivity index (χ2n) is 7.58. The predicted octanol–water partition coefficient (Wildman–Crippen LogP) is 4.20. The smallest absolute Gasteiger partial charge is 0.171 e. The van der Waals surface area contributed by atoms with E-state index in [1.54, 1.807) is 0 Å². The van der Waals surface area contributed by atoms with Crippen LogP contribution in [-0.4, -0.2) is 23.8 Å². The van der Waals surface area contributed by atoms with Crippen molar-refractivity contribution in [1.29, 1.82) is 0 Å². The number of hydrogen-bond acceptors (Lipinski definition) is 3. The molecule has 0 radical (unpaired) electrons. The Morgan fingerprint density at radius 3 is 2.65 bits per heavy atom. The molecule has 0 atom stereocenters. The fourth-order valence-corrected chi connectivity index (χ4v) is 4.48. The maximum absolute atomic E-state index is 12.6. The molecule has 3 heteroatoms. The number of ether oxygens (including phenoxy) is 1. The molecule has 0 aromatic heterocycles. The molecule has 0 spiro atoms. The largest absolute Gasteiger partial charge is 0.487 e. The topological polar surface area (TPSA) is 29.5 Å². The van der Waals surface area contributed by atoms with Gasteiger partial charge >= 0.3 is 0 Å². The maximum atomic E-state index is 12.6. The molecule has 2 aromatic rings. The molecule has 2 aromatic carbocycles. The fourth-order valence-electron chi connectivity index (χ4n) is 4.48. The molecule has 132 valence electrons. The Bertz CT molecular complexity index is 906. The summed E-state index contributed by atoms with van der Waals surface area (Å²) in [6, 6.07) is 14.7. The Kier molecular flexibility index (Phi) is 3.90. The second kappa shape index (κ2) is 6.40. The lowest BCUT2D eigenvalue weighted by molar-refractivity contribution is -0.112. The van der Waals surface area contributed by atoms with Gasteiger partial charge in [-0.25, -0.2) is 0 Å². The van der Waals surface area contributed by atoms with Gasteiger partial charge in [0.25, 0.3) is 0 Å². The number of rotatable bonds is 2. The van der Waals surface area contributed by atoms with Crippen LogP contribution >= 0.6 is 0 Å². The first-order valence-electron chi connectivity index (χ1n) is 9.63. The van der Waals surface area contributed by atoms with E-state index in [1.165, 1.54) is 43.5 Å². The van der Waals surface area contributed by atoms with Crippen LogP contribution in [0.25, 0.3) is 11.3 Å². The van der Waals surface area contributed by atoms with Crippen molar-refractivity contribution in [2.45, 2.75) is 38.8 Å². The van der Waals surface area contributed by atoms with Crippen LogP contribution in [0.5, 0.6) is 0 Å². The van der Waals surface area contributed by atoms with Crippen molar-refractivity contribution in [3.63, 3.8) is 0 Å². The highest BCUT2D eigenvalue weighted by atomic mass is 16.5. The lowest BCUT2D eigenvalue weighted by atomic mass is 9.99. The van der Waals surface area contributed by atoms with Crippen LogP contribution in [0.3, 0.4) is 0 Å². The summed E-state index contributed by atoms with van der Waals surface area (Å²) < 4.78 is 6.02. The molecule has 1 fully saturated rings. The lowest BCUT2D eigenvalue weighted by Gasteiger charge is -2.26. The first-order valence-corrected chi connectivity index (χ1v) is 9.63. The molecule has 0 unspecified atom stereocenters. The second-order valence-corrected chi connectivity index (χ2v) is 7.58. The molecule has 3 aliphatic rings. The molecule has 2 aliphatic heterocycles. The normalized spacial score (nSPS) is 22.2. The van der Waals surface area contributed by atoms with Crippen LogP contribution in [0, 0.1) is 0 Å². The molecular weight excluding hydrogens is 322 g/mol. The summed E-state index contributed by atoms with van der Waals surface area (Å²) in [5.74, 6) is 0.950. The van der Waals surface area contributed by atoms with Crippen LogP contribution in [0.1, 0.15) is 47.1 Å². The number of fused-ring (bicyclic) bond motifs is 2. The van der Waals surface area contributed by atoms with Crippen molar-refractivity contribution >= 4 is 17.1 Å². The number of hydrogen-bond donors (Lipinski definition) is 0. The van der Waals surface area contributed by atoms with Crippen LogP contribution in [0.2, 0.25) is 0 Å². The standard InChI is InChI=1S/C23H23NO2/c25-21-13-17-6-2-3-7-19(17)22(21)23-20-9-8-16(12-18(20)15-26-23)14-24-10-4-1-5-11-24/h2-3,6-9,12H,1,4-5,10-11,13-15H2/b23-22+. The van der Waals surface area contributed by atoms with Crippen LogP contribution in [-0.2, 0) is 29.1 Å². The number of piperidine rings is 1. The predicted molar refractivity (Wildman–Crippen MR) is 102 cm³/mol. The highest BCUT2D eigenvalue weighted by molar-refractivity contribution is 6.31. The van der Waals surface area contributed by atoms with Crippen LogP contribution in [0.4, 0.5) is 0 Å². The van der Waals surface area contributed by atoms with E-state index in [2.05, 4.69) is 23.1 Å². The van der Waals surface area contributed by atoms with E-state index in [0.29, 0.717) is 13.0 Å². The van der Waals surface area contributed by atoms with Gasteiger partial charge in [0, 0.05) is 24.1 Å². The number of carbonyl (C=O) groups is 1. The number of carbonyl (C=O) groups excluding carboxylic acids is 1. The minimum absolute atomic E-state index is 0.173. The number of allylic oxidation sites excluding steroid dienone is 1. The zero-order chi connectivity index (χ0) is 17.5. The molecule has 0 N–H and O–H groups in total. The van der Waals surface area contributed by atoms with Crippen LogP contribution < -0.4 is 0 Å². The van der Waals surface area contributed by atoms with Gasteiger partial charge in [-0.15, -0.1) is 0 Å². The molecular formula is C23H23NO2. The van der Waals surface area contributed by atoms with Crippen LogP contribution in [0.15, 0.2) is 42.5 Å². The zero-order valence-corrected chi connectivity index (χ0v) is 15.0. The Hall–Kier alpha value is -2.39. The number of Topliss-reactive ketones (excluding diaryl/α,β-unsaturated/α-hetero) is 1. The number of benzene rings is 2. The van der Waals surface area contributed by atoms with E-state index >= 15 is 0 Å². The number of ketones is 1. The van der Waals surface area contributed by atoms with Gasteiger partial charge in [-0.05, 0) is 42.6 Å². The van der Waals surface area contributed by atoms with E-state index in [0.717, 1.165) is 34.6 Å². The number of likely N-dealkylation sites (tertiary alicyclic amines) is 1. The maximum Gasteiger partial charge on any atom is 0.171 e. The number of nitrogens with zero attached hydrogens (tertiary/aromatic N) is 1. The van der Waals surface area contributed by atoms with Crippen molar-refractivity contribution in [1.82, 2.24) is 4.90 Å². The minimum Gasteiger partial charge on any atom is -0.487 e. The third-order valence-corrected chi connectivity index (χ3v) is 5.78. The van der Waals surface area contributed by atoms with Gasteiger partial charge in [0.05, 0.1) is 5.57 Å². The summed E-state index contributed by atoms with van der Waals surface area (Å²) in [4.78, 5) is 15.2. The Morgan fingerprint density at radius 2 is 1.77 bits per heavy atom. The highest BCUT2D eigenvalue weighted by Crippen LogP contribution is 2.40. The van der Waals surface area contributed by atoms with Gasteiger partial charge in [0.1, 0.15) is 12.4 Å². The van der Waals surface area contributed by atoms with Crippen molar-refractivity contribution in [2.75, 3.05) is 13.1 Å². The zero-order valence-electron chi connectivity index (χ0n) is 15.0. The Morgan fingerprint density at radius 1 is 0.923 bits per heavy atom. The van der Waals surface area contributed by atoms with Gasteiger partial charge in [0.15, 0.2) is 5.78 Å². The molecule has 0 bridgehead atoms. The SMILES string of the molecule is O=C1Cc2ccccc2/C1=C1\OCc2cc(CN3CCCCC3)ccc21. The fraction of sp³-hybridized carbons (Fsp3) is 0.348. The molecule has 1 saturated heterocycles. The van der Waals surface area contributed by atoms with Gasteiger partial charge < -0.3 is 4.74 Å². The molecule has 3 nitrogen and oxygen atoms in total. The summed E-state index contributed by atoms with van der Waals surface area (Å²) in [6.07, 6.45) is 4.47. The molecule has 5 rings (SSSR count). The van der Waals surface area contributed by atoms with Gasteiger partial charge in [-0.3, -0.25) is 9.69 Å². The molecule has 26 heavy (non-hydrogen) atoms. The average molecular weight is 345 g/mol. The van der Waals surface area contributed by atoms with Gasteiger partial charge in [0.2, 0.25) is 0 Å². The van der Waals surface area contributed by atoms with E-state index in [9.17, 15) is 4.79 Å². The molecule has 0 saturated carbocycles. The summed E-state index contributed by atoms with van der Waals surface area (Å²) in [7, 11) is 0. The quantitative estimate of drug-likeness (QED) is 0.764. The van der Waals surface area contributed by atoms with Gasteiger partial charge in [-0.1, -0.05) is 48.9 Å². The third-order valence-electron chi connectivity index (χ3n) is 5.78. The summed E-state index contributed by atoms with van der Waals surface area (Å²) in [6.45, 7) is 3.99. The van der Waals surface area contributed by atoms with E-state index in [4.69, 9.17) is 4.74 Å². The summed E-state index contributed by atoms with van der Waals surface area (Å²) >= 11 is 0. The molecule has 0 amide bonds. The first-order chi connectivity index (χ1) is 12.8. The summed E-state index contributed by atoms with van der Waals surface area (Å²) in [5.41, 5.74) is 6.56. The van der Waals surface area contributed by atoms with Crippen molar-refractivity contribution < 1.29 is 9.53 Å². The van der Waals surface area contributed by atoms with E-state index in [-0.39, 0.29) is 5.78 Å². The van der Waals surface area contributed by atoms with Crippen molar-refractivity contribution in [3.8, 4) is 0 Å². The lowest BCUT2D eigenvalue weighted by Crippen LogP contribution is -2.29. The Labute approximate surface area is 154 Å². The molecule has 2 heterocycles. The highest BCUT2D eigenvalue weighted by Gasteiger charge is 2.32. The van der Waals surface area contributed by atoms with E-state index < -0.39 is 0 Å². The average Bonchev–Trinajstić information content (AvgIpc) is 3.21. The van der Waals surface area contributed by atoms with E-state index in [1.807, 2.05) is 24.3 Å². The minimum atomic E-state index is 0.173.